The van der Waals surface area contributed by atoms with Crippen LogP contribution in [0.15, 0.2) is 59.2 Å². The number of nitrogens with zero attached hydrogens (tertiary/aromatic N) is 2. The lowest BCUT2D eigenvalue weighted by Gasteiger charge is -2.23. The first-order valence-electron chi connectivity index (χ1n) is 13.4. The molecular formula is C29H39N5O7. The number of rotatable bonds is 18. The van der Waals surface area contributed by atoms with Gasteiger partial charge in [-0.25, -0.2) is 9.97 Å². The number of ketones is 1. The van der Waals surface area contributed by atoms with Gasteiger partial charge in [-0.2, -0.15) is 0 Å². The van der Waals surface area contributed by atoms with Crippen molar-refractivity contribution >= 4 is 24.1 Å². The molecule has 4 N–H and O–H groups in total. The highest BCUT2D eigenvalue weighted by Gasteiger charge is 2.20. The second-order valence-electron chi connectivity index (χ2n) is 9.91. The van der Waals surface area contributed by atoms with Gasteiger partial charge in [0.2, 0.25) is 11.8 Å². The van der Waals surface area contributed by atoms with E-state index in [2.05, 4.69) is 25.6 Å². The monoisotopic (exact) mass is 569 g/mol. The van der Waals surface area contributed by atoms with E-state index < -0.39 is 12.0 Å². The molecule has 0 spiro atoms. The first-order chi connectivity index (χ1) is 19.6. The Morgan fingerprint density at radius 1 is 1.20 bits per heavy atom. The number of oxazole rings is 1. The first kappa shape index (κ1) is 32.9. The molecule has 2 aromatic rings. The van der Waals surface area contributed by atoms with Gasteiger partial charge in [-0.3, -0.25) is 19.2 Å². The Balaban J connectivity index is 1.71. The van der Waals surface area contributed by atoms with Gasteiger partial charge in [0.1, 0.15) is 18.2 Å². The van der Waals surface area contributed by atoms with E-state index in [-0.39, 0.29) is 60.6 Å². The van der Waals surface area contributed by atoms with Crippen molar-refractivity contribution in [3.63, 3.8) is 0 Å². The summed E-state index contributed by atoms with van der Waals surface area (Å²) in [6.45, 7) is 8.57. The van der Waals surface area contributed by atoms with E-state index in [0.29, 0.717) is 25.0 Å². The summed E-state index contributed by atoms with van der Waals surface area (Å²) < 4.78 is 10.3. The van der Waals surface area contributed by atoms with Crippen LogP contribution in [0.2, 0.25) is 0 Å². The Morgan fingerprint density at radius 2 is 1.98 bits per heavy atom. The zero-order valence-electron chi connectivity index (χ0n) is 23.8. The molecule has 12 nitrogen and oxygen atoms in total. The van der Waals surface area contributed by atoms with Crippen LogP contribution < -0.4 is 10.6 Å². The number of Topliss-reactive ketones (excluding diaryl/α,β-unsaturated/α-hetero) is 1. The van der Waals surface area contributed by atoms with Crippen LogP contribution in [-0.2, 0) is 32.0 Å². The average molecular weight is 570 g/mol. The SMILES string of the molecule is CC(/C=C/CNC(=O)/C=C/[C@@H](C)[C@H](OC=O)C(C)C)=C\[C@@H](O)CC(=O)Cc1nc(C(=O)NCCc2cnc[nH]2)co1. The van der Waals surface area contributed by atoms with Crippen molar-refractivity contribution in [1.82, 2.24) is 25.6 Å². The van der Waals surface area contributed by atoms with Gasteiger partial charge >= 0.3 is 0 Å². The molecule has 0 aliphatic rings. The molecule has 2 amide bonds. The van der Waals surface area contributed by atoms with Crippen LogP contribution in [0.4, 0.5) is 0 Å². The summed E-state index contributed by atoms with van der Waals surface area (Å²) in [6, 6.07) is 0. The number of H-pyrrole nitrogens is 1. The molecular weight excluding hydrogens is 530 g/mol. The van der Waals surface area contributed by atoms with Gasteiger partial charge in [0.15, 0.2) is 5.69 Å². The topological polar surface area (TPSA) is 177 Å². The van der Waals surface area contributed by atoms with Crippen molar-refractivity contribution < 1.29 is 33.4 Å². The van der Waals surface area contributed by atoms with Crippen LogP contribution in [0, 0.1) is 11.8 Å². The minimum absolute atomic E-state index is 0.0718. The van der Waals surface area contributed by atoms with Crippen LogP contribution in [0.25, 0.3) is 0 Å². The Labute approximate surface area is 239 Å². The number of aromatic amines is 1. The van der Waals surface area contributed by atoms with Crippen LogP contribution in [0.1, 0.15) is 56.2 Å². The van der Waals surface area contributed by atoms with Gasteiger partial charge in [0.05, 0.1) is 18.9 Å². The first-order valence-corrected chi connectivity index (χ1v) is 13.4. The number of allylic oxidation sites excluding steroid dienone is 2. The highest BCUT2D eigenvalue weighted by Crippen LogP contribution is 2.17. The van der Waals surface area contributed by atoms with Crippen LogP contribution in [-0.4, -0.2) is 69.4 Å². The van der Waals surface area contributed by atoms with Crippen molar-refractivity contribution in [3.05, 3.63) is 72.0 Å². The second-order valence-corrected chi connectivity index (χ2v) is 9.91. The van der Waals surface area contributed by atoms with Crippen molar-refractivity contribution in [2.75, 3.05) is 13.1 Å². The number of hydrogen-bond donors (Lipinski definition) is 4. The smallest absolute Gasteiger partial charge is 0.293 e. The number of amides is 2. The average Bonchev–Trinajstić information content (AvgIpc) is 3.60. The molecule has 2 aromatic heterocycles. The lowest BCUT2D eigenvalue weighted by molar-refractivity contribution is -0.137. The molecule has 0 aliphatic carbocycles. The molecule has 0 fully saturated rings. The van der Waals surface area contributed by atoms with E-state index in [9.17, 15) is 24.3 Å². The Morgan fingerprint density at radius 3 is 2.66 bits per heavy atom. The standard InChI is InChI=1S/C29H39N5O7/c1-19(2)28(41-18-35)21(4)7-8-26(38)31-10-5-6-20(3)12-23(36)13-24(37)14-27-34-25(16-40-27)29(39)32-11-9-22-15-30-17-33-22/h5-8,12,15-19,21,23,28,36H,9-11,13-14H2,1-4H3,(H,30,33)(H,31,38)(H,32,39)/b6-5+,8-7+,20-12+/t21-,23-,28-/m1/s1. The number of aliphatic hydroxyl groups excluding tert-OH is 1. The molecule has 0 unspecified atom stereocenters. The maximum atomic E-state index is 12.4. The fourth-order valence-electron chi connectivity index (χ4n) is 3.98. The van der Waals surface area contributed by atoms with Crippen molar-refractivity contribution in [2.24, 2.45) is 11.8 Å². The van der Waals surface area contributed by atoms with E-state index in [0.717, 1.165) is 5.69 Å². The van der Waals surface area contributed by atoms with E-state index >= 15 is 0 Å². The fourth-order valence-corrected chi connectivity index (χ4v) is 3.98. The third kappa shape index (κ3) is 12.6. The van der Waals surface area contributed by atoms with Gasteiger partial charge < -0.3 is 29.9 Å². The summed E-state index contributed by atoms with van der Waals surface area (Å²) in [7, 11) is 0. The summed E-state index contributed by atoms with van der Waals surface area (Å²) in [5, 5.41) is 15.7. The van der Waals surface area contributed by atoms with Crippen LogP contribution >= 0.6 is 0 Å². The lowest BCUT2D eigenvalue weighted by Crippen LogP contribution is -2.27. The number of hydrogen-bond acceptors (Lipinski definition) is 9. The number of aromatic nitrogens is 3. The molecule has 2 rings (SSSR count). The van der Waals surface area contributed by atoms with Gasteiger partial charge in [0.25, 0.3) is 12.4 Å². The Hall–Kier alpha value is -4.32. The second kappa shape index (κ2) is 17.4. The number of carbonyl (C=O) groups is 4. The van der Waals surface area contributed by atoms with E-state index in [1.165, 1.54) is 18.4 Å². The van der Waals surface area contributed by atoms with E-state index in [4.69, 9.17) is 9.15 Å². The minimum Gasteiger partial charge on any atom is -0.464 e. The van der Waals surface area contributed by atoms with Crippen LogP contribution in [0.5, 0.6) is 0 Å². The summed E-state index contributed by atoms with van der Waals surface area (Å²) in [4.78, 5) is 58.2. The third-order valence-corrected chi connectivity index (χ3v) is 5.97. The number of nitrogens with one attached hydrogen (secondary N) is 3. The number of carbonyl (C=O) groups excluding carboxylic acids is 4. The molecule has 0 bridgehead atoms. The lowest BCUT2D eigenvalue weighted by atomic mass is 9.94. The normalized spacial score (nSPS) is 14.2. The predicted octanol–water partition coefficient (Wildman–Crippen LogP) is 2.24. The Bertz CT molecular complexity index is 1210. The molecule has 0 aromatic carbocycles. The number of aliphatic hydroxyl groups is 1. The summed E-state index contributed by atoms with van der Waals surface area (Å²) >= 11 is 0. The molecule has 12 heteroatoms. The zero-order chi connectivity index (χ0) is 30.2. The van der Waals surface area contributed by atoms with Gasteiger partial charge in [-0.15, -0.1) is 0 Å². The summed E-state index contributed by atoms with van der Waals surface area (Å²) in [5.41, 5.74) is 1.67. The van der Waals surface area contributed by atoms with Crippen molar-refractivity contribution in [1.29, 1.82) is 0 Å². The maximum absolute atomic E-state index is 12.4. The molecule has 222 valence electrons. The largest absolute Gasteiger partial charge is 0.464 e. The summed E-state index contributed by atoms with van der Waals surface area (Å²) in [5.74, 6) is -0.916. The molecule has 0 aliphatic heterocycles. The molecule has 0 saturated heterocycles. The quantitative estimate of drug-likeness (QED) is 0.119. The van der Waals surface area contributed by atoms with E-state index in [1.807, 2.05) is 20.8 Å². The minimum atomic E-state index is -1.02. The summed E-state index contributed by atoms with van der Waals surface area (Å²) in [6.07, 6.45) is 11.5. The molecule has 41 heavy (non-hydrogen) atoms. The predicted molar refractivity (Wildman–Crippen MR) is 150 cm³/mol. The number of ether oxygens (including phenoxy) is 1. The third-order valence-electron chi connectivity index (χ3n) is 5.97. The zero-order valence-corrected chi connectivity index (χ0v) is 23.8. The maximum Gasteiger partial charge on any atom is 0.293 e. The van der Waals surface area contributed by atoms with Gasteiger partial charge in [-0.05, 0) is 18.9 Å². The van der Waals surface area contributed by atoms with Crippen molar-refractivity contribution in [3.8, 4) is 0 Å². The van der Waals surface area contributed by atoms with Crippen LogP contribution in [0.3, 0.4) is 0 Å². The molecule has 3 atom stereocenters. The molecule has 0 saturated carbocycles. The Kier molecular flexibility index (Phi) is 13.9. The number of imidazole rings is 1. The molecule has 2 heterocycles. The fraction of sp³-hybridized carbons (Fsp3) is 0.448. The molecule has 0 radical (unpaired) electrons. The van der Waals surface area contributed by atoms with E-state index in [1.54, 1.807) is 37.7 Å². The highest BCUT2D eigenvalue weighted by atomic mass is 16.5. The van der Waals surface area contributed by atoms with Gasteiger partial charge in [0, 0.05) is 43.7 Å². The van der Waals surface area contributed by atoms with Crippen molar-refractivity contribution in [2.45, 2.75) is 59.2 Å². The van der Waals surface area contributed by atoms with Gasteiger partial charge in [-0.1, -0.05) is 50.6 Å². The highest BCUT2D eigenvalue weighted by molar-refractivity contribution is 5.92.